The molecule has 1 heterocycles. The molecule has 0 saturated carbocycles. The molecule has 1 aliphatic heterocycles. The highest BCUT2D eigenvalue weighted by molar-refractivity contribution is 5.77. The van der Waals surface area contributed by atoms with Gasteiger partial charge in [-0.3, -0.25) is 4.79 Å². The van der Waals surface area contributed by atoms with Crippen LogP contribution in [0, 0.1) is 23.3 Å². The molecule has 1 aliphatic rings. The zero-order valence-electron chi connectivity index (χ0n) is 10.6. The van der Waals surface area contributed by atoms with Gasteiger partial charge < -0.3 is 9.64 Å². The Kier molecular flexibility index (Phi) is 4.46. The SMILES string of the molecule is O=C(COc1c(F)c(F)cc(F)c1F)N1CCCCC1. The number of carbonyl (C=O) groups is 1. The summed E-state index contributed by atoms with van der Waals surface area (Å²) in [4.78, 5) is 13.2. The maximum absolute atomic E-state index is 13.3. The molecule has 1 aromatic rings. The number of ether oxygens (including phenoxy) is 1. The minimum atomic E-state index is -1.64. The van der Waals surface area contributed by atoms with Crippen LogP contribution in [0.25, 0.3) is 0 Å². The summed E-state index contributed by atoms with van der Waals surface area (Å²) >= 11 is 0. The van der Waals surface area contributed by atoms with Crippen molar-refractivity contribution in [1.29, 1.82) is 0 Å². The number of carbonyl (C=O) groups excluding carboxylic acids is 1. The van der Waals surface area contributed by atoms with Crippen LogP contribution in [0.1, 0.15) is 19.3 Å². The molecule has 2 rings (SSSR count). The largest absolute Gasteiger partial charge is 0.477 e. The summed E-state index contributed by atoms with van der Waals surface area (Å²) in [7, 11) is 0. The third kappa shape index (κ3) is 3.02. The first-order valence-electron chi connectivity index (χ1n) is 6.24. The number of hydrogen-bond acceptors (Lipinski definition) is 2. The third-order valence-corrected chi connectivity index (χ3v) is 3.12. The van der Waals surface area contributed by atoms with Crippen LogP contribution in [0.5, 0.6) is 5.75 Å². The second-order valence-electron chi connectivity index (χ2n) is 4.53. The van der Waals surface area contributed by atoms with Crippen LogP contribution in [-0.2, 0) is 4.79 Å². The van der Waals surface area contributed by atoms with E-state index in [0.29, 0.717) is 13.1 Å². The van der Waals surface area contributed by atoms with Gasteiger partial charge in [0.05, 0.1) is 0 Å². The van der Waals surface area contributed by atoms with Crippen molar-refractivity contribution in [3.8, 4) is 5.75 Å². The van der Waals surface area contributed by atoms with Crippen molar-refractivity contribution in [3.05, 3.63) is 29.3 Å². The number of hydrogen-bond donors (Lipinski definition) is 0. The Bertz CT molecular complexity index is 489. The van der Waals surface area contributed by atoms with E-state index < -0.39 is 41.5 Å². The van der Waals surface area contributed by atoms with Crippen molar-refractivity contribution < 1.29 is 27.1 Å². The van der Waals surface area contributed by atoms with Crippen LogP contribution in [0.15, 0.2) is 6.07 Å². The molecule has 0 aromatic heterocycles. The lowest BCUT2D eigenvalue weighted by atomic mass is 10.1. The molecule has 1 amide bonds. The van der Waals surface area contributed by atoms with Gasteiger partial charge >= 0.3 is 0 Å². The van der Waals surface area contributed by atoms with Gasteiger partial charge in [-0.1, -0.05) is 0 Å². The van der Waals surface area contributed by atoms with Crippen molar-refractivity contribution in [1.82, 2.24) is 4.90 Å². The Morgan fingerprint density at radius 1 is 1.05 bits per heavy atom. The van der Waals surface area contributed by atoms with E-state index in [2.05, 4.69) is 4.74 Å². The van der Waals surface area contributed by atoms with Gasteiger partial charge in [-0.05, 0) is 19.3 Å². The lowest BCUT2D eigenvalue weighted by Gasteiger charge is -2.26. The average molecular weight is 291 g/mol. The summed E-state index contributed by atoms with van der Waals surface area (Å²) in [5.41, 5.74) is 0. The number of piperidine rings is 1. The molecule has 110 valence electrons. The molecular formula is C13H13F4NO2. The van der Waals surface area contributed by atoms with Crippen molar-refractivity contribution in [2.24, 2.45) is 0 Å². The van der Waals surface area contributed by atoms with E-state index in [1.807, 2.05) is 0 Å². The van der Waals surface area contributed by atoms with E-state index in [9.17, 15) is 22.4 Å². The molecule has 0 unspecified atom stereocenters. The topological polar surface area (TPSA) is 29.5 Å². The van der Waals surface area contributed by atoms with Crippen molar-refractivity contribution >= 4 is 5.91 Å². The third-order valence-electron chi connectivity index (χ3n) is 3.12. The van der Waals surface area contributed by atoms with Gasteiger partial charge in [0.1, 0.15) is 0 Å². The second kappa shape index (κ2) is 6.11. The predicted octanol–water partition coefficient (Wildman–Crippen LogP) is 2.63. The van der Waals surface area contributed by atoms with Crippen LogP contribution < -0.4 is 4.74 Å². The average Bonchev–Trinajstić information content (AvgIpc) is 2.46. The summed E-state index contributed by atoms with van der Waals surface area (Å²) < 4.78 is 57.1. The molecule has 0 spiro atoms. The van der Waals surface area contributed by atoms with Crippen LogP contribution in [0.3, 0.4) is 0 Å². The van der Waals surface area contributed by atoms with Gasteiger partial charge in [-0.15, -0.1) is 0 Å². The predicted molar refractivity (Wildman–Crippen MR) is 62.2 cm³/mol. The van der Waals surface area contributed by atoms with E-state index in [4.69, 9.17) is 0 Å². The number of likely N-dealkylation sites (tertiary alicyclic amines) is 1. The number of benzene rings is 1. The van der Waals surface area contributed by atoms with E-state index in [-0.39, 0.29) is 6.07 Å². The van der Waals surface area contributed by atoms with Crippen LogP contribution in [-0.4, -0.2) is 30.5 Å². The van der Waals surface area contributed by atoms with Crippen LogP contribution in [0.4, 0.5) is 17.6 Å². The van der Waals surface area contributed by atoms with Crippen molar-refractivity contribution in [3.63, 3.8) is 0 Å². The quantitative estimate of drug-likeness (QED) is 0.633. The fourth-order valence-corrected chi connectivity index (χ4v) is 2.05. The first-order chi connectivity index (χ1) is 9.50. The van der Waals surface area contributed by atoms with Crippen LogP contribution in [0.2, 0.25) is 0 Å². The Labute approximate surface area is 113 Å². The smallest absolute Gasteiger partial charge is 0.260 e. The second-order valence-corrected chi connectivity index (χ2v) is 4.53. The van der Waals surface area contributed by atoms with E-state index in [1.165, 1.54) is 4.90 Å². The molecule has 1 fully saturated rings. The molecule has 1 aromatic carbocycles. The Hall–Kier alpha value is -1.79. The number of rotatable bonds is 3. The maximum Gasteiger partial charge on any atom is 0.260 e. The molecule has 0 radical (unpaired) electrons. The fraction of sp³-hybridized carbons (Fsp3) is 0.462. The Balaban J connectivity index is 2.05. The summed E-state index contributed by atoms with van der Waals surface area (Å²) in [5.74, 6) is -8.08. The summed E-state index contributed by atoms with van der Waals surface area (Å²) in [6, 6.07) is 0.0873. The van der Waals surface area contributed by atoms with E-state index in [0.717, 1.165) is 19.3 Å². The molecular weight excluding hydrogens is 278 g/mol. The molecule has 0 bridgehead atoms. The first kappa shape index (κ1) is 14.6. The zero-order valence-corrected chi connectivity index (χ0v) is 10.6. The molecule has 1 saturated heterocycles. The Morgan fingerprint density at radius 3 is 2.15 bits per heavy atom. The van der Waals surface area contributed by atoms with Crippen LogP contribution >= 0.6 is 0 Å². The normalized spacial score (nSPS) is 15.3. The number of nitrogens with zero attached hydrogens (tertiary/aromatic N) is 1. The highest BCUT2D eigenvalue weighted by atomic mass is 19.2. The van der Waals surface area contributed by atoms with Crippen molar-refractivity contribution in [2.75, 3.05) is 19.7 Å². The molecule has 7 heteroatoms. The summed E-state index contributed by atoms with van der Waals surface area (Å²) in [5, 5.41) is 0. The highest BCUT2D eigenvalue weighted by Crippen LogP contribution is 2.26. The van der Waals surface area contributed by atoms with Crippen molar-refractivity contribution in [2.45, 2.75) is 19.3 Å². The van der Waals surface area contributed by atoms with Gasteiger partial charge in [0, 0.05) is 19.2 Å². The monoisotopic (exact) mass is 291 g/mol. The van der Waals surface area contributed by atoms with E-state index >= 15 is 0 Å². The molecule has 0 atom stereocenters. The fourth-order valence-electron chi connectivity index (χ4n) is 2.05. The lowest BCUT2D eigenvalue weighted by Crippen LogP contribution is -2.38. The maximum atomic E-state index is 13.3. The van der Waals surface area contributed by atoms with Gasteiger partial charge in [-0.2, -0.15) is 8.78 Å². The molecule has 0 N–H and O–H groups in total. The molecule has 3 nitrogen and oxygen atoms in total. The standard InChI is InChI=1S/C13H13F4NO2/c14-8-6-9(15)12(17)13(11(8)16)20-7-10(19)18-4-2-1-3-5-18/h6H,1-5,7H2. The minimum Gasteiger partial charge on any atom is -0.477 e. The minimum absolute atomic E-state index is 0.0873. The molecule has 0 aliphatic carbocycles. The summed E-state index contributed by atoms with van der Waals surface area (Å²) in [6.07, 6.45) is 2.72. The Morgan fingerprint density at radius 2 is 1.60 bits per heavy atom. The van der Waals surface area contributed by atoms with Gasteiger partial charge in [0.2, 0.25) is 11.6 Å². The highest BCUT2D eigenvalue weighted by Gasteiger charge is 2.23. The first-order valence-corrected chi connectivity index (χ1v) is 6.24. The number of amides is 1. The lowest BCUT2D eigenvalue weighted by molar-refractivity contribution is -0.134. The summed E-state index contributed by atoms with van der Waals surface area (Å²) in [6.45, 7) is 0.437. The zero-order chi connectivity index (χ0) is 14.7. The number of halogens is 4. The van der Waals surface area contributed by atoms with Gasteiger partial charge in [-0.25, -0.2) is 8.78 Å². The van der Waals surface area contributed by atoms with Gasteiger partial charge in [0.25, 0.3) is 5.91 Å². The van der Waals surface area contributed by atoms with E-state index in [1.54, 1.807) is 0 Å². The molecule has 20 heavy (non-hydrogen) atoms. The van der Waals surface area contributed by atoms with Gasteiger partial charge in [0.15, 0.2) is 24.0 Å².